The van der Waals surface area contributed by atoms with Crippen molar-refractivity contribution in [1.82, 2.24) is 20.0 Å². The summed E-state index contributed by atoms with van der Waals surface area (Å²) in [5.41, 5.74) is 5.28. The van der Waals surface area contributed by atoms with Gasteiger partial charge in [0, 0.05) is 58.4 Å². The molecule has 0 spiro atoms. The third-order valence-corrected chi connectivity index (χ3v) is 8.93. The van der Waals surface area contributed by atoms with Crippen molar-refractivity contribution in [1.29, 1.82) is 0 Å². The van der Waals surface area contributed by atoms with E-state index in [9.17, 15) is 4.79 Å². The molecule has 2 aromatic carbocycles. The van der Waals surface area contributed by atoms with Crippen LogP contribution in [-0.4, -0.2) is 104 Å². The van der Waals surface area contributed by atoms with E-state index in [4.69, 9.17) is 27.4 Å². The number of amides is 1. The fourth-order valence-electron chi connectivity index (χ4n) is 6.39. The van der Waals surface area contributed by atoms with Crippen LogP contribution in [0.15, 0.2) is 36.4 Å². The van der Waals surface area contributed by atoms with E-state index in [1.165, 1.54) is 5.56 Å². The minimum absolute atomic E-state index is 0. The van der Waals surface area contributed by atoms with Gasteiger partial charge in [-0.3, -0.25) is 9.80 Å². The number of carbonyl (C=O) groups is 1. The highest BCUT2D eigenvalue weighted by molar-refractivity contribution is 7.59. The third kappa shape index (κ3) is 12.4. The van der Waals surface area contributed by atoms with E-state index in [0.29, 0.717) is 31.4 Å². The van der Waals surface area contributed by atoms with Gasteiger partial charge in [-0.2, -0.15) is 54.0 Å². The number of ether oxygens (including phenoxy) is 3. The van der Waals surface area contributed by atoms with E-state index >= 15 is 0 Å². The minimum atomic E-state index is -0.474. The largest absolute Gasteiger partial charge is 0.444 e. The molecule has 4 heterocycles. The van der Waals surface area contributed by atoms with Gasteiger partial charge in [0.25, 0.3) is 0 Å². The lowest BCUT2D eigenvalue weighted by molar-refractivity contribution is -0.0906. The van der Waals surface area contributed by atoms with E-state index in [0.717, 1.165) is 68.3 Å². The van der Waals surface area contributed by atoms with Crippen molar-refractivity contribution < 1.29 is 19.0 Å². The molecular weight excluding hydrogens is 732 g/mol. The van der Waals surface area contributed by atoms with Gasteiger partial charge in [-0.1, -0.05) is 36.4 Å². The van der Waals surface area contributed by atoms with Crippen molar-refractivity contribution in [3.63, 3.8) is 0 Å². The lowest BCUT2D eigenvalue weighted by Crippen LogP contribution is -2.59. The predicted molar refractivity (Wildman–Crippen MR) is 222 cm³/mol. The first kappa shape index (κ1) is 48.2. The van der Waals surface area contributed by atoms with Crippen LogP contribution < -0.4 is 5.32 Å². The van der Waals surface area contributed by atoms with Crippen molar-refractivity contribution in [2.75, 3.05) is 65.6 Å². The van der Waals surface area contributed by atoms with Crippen LogP contribution in [-0.2, 0) is 14.2 Å². The fourth-order valence-corrected chi connectivity index (χ4v) is 6.39. The van der Waals surface area contributed by atoms with Crippen molar-refractivity contribution >= 4 is 83.9 Å². The van der Waals surface area contributed by atoms with Crippen molar-refractivity contribution in [3.8, 4) is 0 Å². The molecule has 6 rings (SSSR count). The molecule has 15 heteroatoms. The molecule has 280 valence electrons. The summed E-state index contributed by atoms with van der Waals surface area (Å²) in [5, 5.41) is 3.41. The Balaban J connectivity index is 0.000000904. The van der Waals surface area contributed by atoms with Gasteiger partial charge in [-0.05, 0) is 56.9 Å². The zero-order valence-electron chi connectivity index (χ0n) is 29.6. The van der Waals surface area contributed by atoms with Gasteiger partial charge in [0.05, 0.1) is 44.6 Å². The standard InChI is InChI=1S/C20H27N3O3.C15H19N3O.ClH.4H2S/c1-14-10-15(6-7-17(14)21-5)18-12-22-8-9-23(11-16(22)13-25-18)19(24)26-20(2,3)4;1-11-7-12(3-4-14(11)16-2)15-9-18-6-5-17-8-13(18)10-19-15;;;;;/h6-7,10,16,18H,8-9,11-13H2,1-4H3;3-4,7,13,15,17H,5-6,8-10H2,1H3;1H;4*1H2/t16-,18+;13-,15+;;;;;/m00...../s1. The Kier molecular flexibility index (Phi) is 20.9. The molecule has 0 aromatic heterocycles. The highest BCUT2D eigenvalue weighted by Gasteiger charge is 2.37. The lowest BCUT2D eigenvalue weighted by atomic mass is 10.0. The minimum Gasteiger partial charge on any atom is -0.444 e. The summed E-state index contributed by atoms with van der Waals surface area (Å²) in [6, 6.07) is 12.7. The number of nitrogens with one attached hydrogen (secondary N) is 1. The Morgan fingerprint density at radius 1 is 0.800 bits per heavy atom. The molecule has 1 N–H and O–H groups in total. The van der Waals surface area contributed by atoms with Crippen LogP contribution in [0.3, 0.4) is 0 Å². The van der Waals surface area contributed by atoms with Gasteiger partial charge < -0.3 is 24.4 Å². The highest BCUT2D eigenvalue weighted by Crippen LogP contribution is 2.31. The molecule has 4 aliphatic rings. The summed E-state index contributed by atoms with van der Waals surface area (Å²) >= 11 is 0. The highest BCUT2D eigenvalue weighted by atomic mass is 35.5. The van der Waals surface area contributed by atoms with Crippen molar-refractivity contribution in [3.05, 3.63) is 81.5 Å². The molecule has 50 heavy (non-hydrogen) atoms. The maximum absolute atomic E-state index is 12.3. The fraction of sp³-hybridized carbons (Fsp3) is 0.571. The average molecular weight is 788 g/mol. The summed E-state index contributed by atoms with van der Waals surface area (Å²) in [4.78, 5) is 26.0. The molecule has 10 nitrogen and oxygen atoms in total. The van der Waals surface area contributed by atoms with Crippen LogP contribution in [0.5, 0.6) is 0 Å². The topological polar surface area (TPSA) is 75.2 Å². The van der Waals surface area contributed by atoms with Gasteiger partial charge in [-0.15, -0.1) is 12.4 Å². The second kappa shape index (κ2) is 21.6. The summed E-state index contributed by atoms with van der Waals surface area (Å²) in [6.45, 7) is 32.4. The quantitative estimate of drug-likeness (QED) is 0.359. The number of hydrogen-bond donors (Lipinski definition) is 1. The van der Waals surface area contributed by atoms with Crippen LogP contribution in [0.25, 0.3) is 9.69 Å². The SMILES string of the molecule is Cl.S.S.S.S.[C-]#[N+]c1ccc([C@H]2CN3CCN(C(=O)OC(C)(C)C)C[C@H]3CO2)cc1C.[C-]#[N+]c1ccc([C@H]2CN3CCNC[C@H]3CO2)cc1C. The second-order valence-electron chi connectivity index (χ2n) is 13.4. The van der Waals surface area contributed by atoms with E-state index in [1.54, 1.807) is 4.90 Å². The Hall–Kier alpha value is -1.82. The summed E-state index contributed by atoms with van der Waals surface area (Å²) in [6.07, 6.45) is -0.0877. The van der Waals surface area contributed by atoms with Gasteiger partial charge >= 0.3 is 6.09 Å². The molecule has 0 bridgehead atoms. The van der Waals surface area contributed by atoms with Crippen LogP contribution in [0.2, 0.25) is 0 Å². The Morgan fingerprint density at radius 3 is 1.78 bits per heavy atom. The molecule has 4 atom stereocenters. The average Bonchev–Trinajstić information content (AvgIpc) is 3.03. The summed E-state index contributed by atoms with van der Waals surface area (Å²) in [5.74, 6) is 0. The number of piperazine rings is 2. The van der Waals surface area contributed by atoms with Crippen LogP contribution in [0, 0.1) is 27.0 Å². The van der Waals surface area contributed by atoms with Gasteiger partial charge in [-0.25, -0.2) is 14.5 Å². The number of aryl methyl sites for hydroxylation is 2. The smallest absolute Gasteiger partial charge is 0.410 e. The zero-order chi connectivity index (χ0) is 32.1. The summed E-state index contributed by atoms with van der Waals surface area (Å²) in [7, 11) is 0. The Morgan fingerprint density at radius 2 is 1.30 bits per heavy atom. The molecule has 0 aliphatic carbocycles. The second-order valence-corrected chi connectivity index (χ2v) is 13.4. The number of nitrogens with zero attached hydrogens (tertiary/aromatic N) is 5. The first-order valence-corrected chi connectivity index (χ1v) is 15.9. The number of halogens is 1. The number of carbonyl (C=O) groups excluding carboxylic acids is 1. The molecule has 0 saturated carbocycles. The monoisotopic (exact) mass is 786 g/mol. The third-order valence-electron chi connectivity index (χ3n) is 8.93. The Labute approximate surface area is 332 Å². The number of morpholine rings is 2. The Bertz CT molecular complexity index is 1470. The lowest BCUT2D eigenvalue weighted by Gasteiger charge is -2.46. The predicted octanol–water partition coefficient (Wildman–Crippen LogP) is 6.30. The maximum Gasteiger partial charge on any atom is 0.410 e. The van der Waals surface area contributed by atoms with E-state index < -0.39 is 5.60 Å². The number of rotatable bonds is 2. The summed E-state index contributed by atoms with van der Waals surface area (Å²) < 4.78 is 17.6. The first-order valence-electron chi connectivity index (χ1n) is 15.9. The molecular formula is C35H55ClN6O4S4. The van der Waals surface area contributed by atoms with Crippen LogP contribution >= 0.6 is 66.4 Å². The van der Waals surface area contributed by atoms with E-state index in [1.807, 2.05) is 58.9 Å². The molecule has 0 radical (unpaired) electrons. The van der Waals surface area contributed by atoms with E-state index in [-0.39, 0.29) is 90.7 Å². The number of fused-ring (bicyclic) bond motifs is 2. The van der Waals surface area contributed by atoms with E-state index in [2.05, 4.69) is 36.9 Å². The maximum atomic E-state index is 12.3. The van der Waals surface area contributed by atoms with Gasteiger partial charge in [0.15, 0.2) is 11.4 Å². The number of hydrogen-bond acceptors (Lipinski definition) is 7. The molecule has 4 fully saturated rings. The van der Waals surface area contributed by atoms with Crippen LogP contribution in [0.1, 0.15) is 55.2 Å². The van der Waals surface area contributed by atoms with Crippen LogP contribution in [0.4, 0.5) is 16.2 Å². The van der Waals surface area contributed by atoms with Crippen molar-refractivity contribution in [2.45, 2.75) is 64.5 Å². The zero-order valence-corrected chi connectivity index (χ0v) is 34.4. The molecule has 1 amide bonds. The first-order chi connectivity index (χ1) is 21.5. The van der Waals surface area contributed by atoms with Gasteiger partial charge in [0.1, 0.15) is 5.60 Å². The van der Waals surface area contributed by atoms with Gasteiger partial charge in [0.2, 0.25) is 0 Å². The number of benzene rings is 2. The molecule has 4 aliphatic heterocycles. The molecule has 2 aromatic rings. The molecule has 0 unspecified atom stereocenters. The normalized spacial score (nSPS) is 22.9. The van der Waals surface area contributed by atoms with Crippen molar-refractivity contribution in [2.24, 2.45) is 0 Å². The molecule has 4 saturated heterocycles.